The normalized spacial score (nSPS) is 13.6. The van der Waals surface area contributed by atoms with Crippen molar-refractivity contribution in [2.75, 3.05) is 12.8 Å². The largest absolute Gasteiger partial charge is 0.416 e. The van der Waals surface area contributed by atoms with Crippen molar-refractivity contribution in [2.45, 2.75) is 30.7 Å². The number of nitrogens with zero attached hydrogens (tertiary/aromatic N) is 7. The Morgan fingerprint density at radius 1 is 0.960 bits per heavy atom. The van der Waals surface area contributed by atoms with Gasteiger partial charge in [0.1, 0.15) is 11.5 Å². The van der Waals surface area contributed by atoms with E-state index < -0.39 is 26.5 Å². The quantitative estimate of drug-likeness (QED) is 0.227. The number of aromatic amines is 1. The zero-order valence-corrected chi connectivity index (χ0v) is 27.2. The lowest BCUT2D eigenvalue weighted by Gasteiger charge is -2.28. The summed E-state index contributed by atoms with van der Waals surface area (Å²) in [5.74, 6) is 0.542. The van der Waals surface area contributed by atoms with Gasteiger partial charge in [0.15, 0.2) is 9.84 Å². The first-order valence-corrected chi connectivity index (χ1v) is 17.4. The number of amides is 1. The molecule has 0 saturated carbocycles. The molecule has 252 valence electrons. The van der Waals surface area contributed by atoms with E-state index >= 15 is 0 Å². The molecule has 0 radical (unpaired) electrons. The Kier molecular flexibility index (Phi) is 7.33. The maximum Gasteiger partial charge on any atom is 0.416 e. The molecule has 0 fully saturated rings. The number of rotatable bonds is 6. The number of benzene rings is 4. The number of nitrogens with one attached hydrogen (secondary N) is 1. The maximum atomic E-state index is 13.8. The van der Waals surface area contributed by atoms with Crippen LogP contribution in [0.25, 0.3) is 44.5 Å². The van der Waals surface area contributed by atoms with Gasteiger partial charge in [0.2, 0.25) is 0 Å². The van der Waals surface area contributed by atoms with Gasteiger partial charge in [0.25, 0.3) is 5.91 Å². The van der Waals surface area contributed by atoms with Crippen molar-refractivity contribution >= 4 is 37.6 Å². The predicted octanol–water partition coefficient (Wildman–Crippen LogP) is 5.96. The Hall–Kier alpha value is -5.83. The molecule has 50 heavy (non-hydrogen) atoms. The molecule has 0 atom stereocenters. The number of alkyl halides is 3. The van der Waals surface area contributed by atoms with Gasteiger partial charge < -0.3 is 9.88 Å². The molecule has 15 heteroatoms. The zero-order chi connectivity index (χ0) is 34.8. The molecule has 3 aromatic heterocycles. The van der Waals surface area contributed by atoms with Gasteiger partial charge in [0.05, 0.1) is 59.2 Å². The number of imidazole rings is 1. The summed E-state index contributed by atoms with van der Waals surface area (Å²) in [6, 6.07) is 22.3. The van der Waals surface area contributed by atoms with E-state index in [-0.39, 0.29) is 24.6 Å². The second-order valence-corrected chi connectivity index (χ2v) is 14.3. The molecule has 0 saturated heterocycles. The van der Waals surface area contributed by atoms with Crippen LogP contribution in [0, 0.1) is 0 Å². The van der Waals surface area contributed by atoms with Crippen LogP contribution in [0.1, 0.15) is 27.2 Å². The molecule has 0 spiro atoms. The van der Waals surface area contributed by atoms with Gasteiger partial charge in [-0.25, -0.2) is 18.1 Å². The summed E-state index contributed by atoms with van der Waals surface area (Å²) in [4.78, 5) is 23.1. The smallest absolute Gasteiger partial charge is 0.338 e. The lowest BCUT2D eigenvalue weighted by molar-refractivity contribution is -0.137. The van der Waals surface area contributed by atoms with Crippen molar-refractivity contribution in [3.8, 4) is 22.6 Å². The molecule has 0 aliphatic carbocycles. The third-order valence-electron chi connectivity index (χ3n) is 8.79. The van der Waals surface area contributed by atoms with E-state index in [0.29, 0.717) is 41.8 Å². The second-order valence-electron chi connectivity index (χ2n) is 12.3. The van der Waals surface area contributed by atoms with Crippen LogP contribution in [0.3, 0.4) is 0 Å². The average Bonchev–Trinajstić information content (AvgIpc) is 3.84. The Morgan fingerprint density at radius 3 is 2.58 bits per heavy atom. The minimum Gasteiger partial charge on any atom is -0.338 e. The Balaban J connectivity index is 1.02. The van der Waals surface area contributed by atoms with Gasteiger partial charge >= 0.3 is 6.18 Å². The van der Waals surface area contributed by atoms with Gasteiger partial charge in [-0.1, -0.05) is 41.6 Å². The number of fused-ring (bicyclic) bond motifs is 3. The van der Waals surface area contributed by atoms with Gasteiger partial charge in [0, 0.05) is 29.5 Å². The number of aromatic nitrogens is 7. The molecule has 0 unspecified atom stereocenters. The Morgan fingerprint density at radius 2 is 1.78 bits per heavy atom. The summed E-state index contributed by atoms with van der Waals surface area (Å²) in [7, 11) is -3.90. The van der Waals surface area contributed by atoms with Crippen molar-refractivity contribution in [1.82, 2.24) is 39.6 Å². The van der Waals surface area contributed by atoms with Gasteiger partial charge in [-0.2, -0.15) is 18.3 Å². The fourth-order valence-corrected chi connectivity index (χ4v) is 6.95. The molecule has 1 aliphatic rings. The number of sulfone groups is 1. The minimum absolute atomic E-state index is 0.101. The van der Waals surface area contributed by atoms with Gasteiger partial charge in [-0.3, -0.25) is 9.48 Å². The first-order valence-electron chi connectivity index (χ1n) is 15.5. The first-order chi connectivity index (χ1) is 23.9. The number of hydrogen-bond donors (Lipinski definition) is 1. The van der Waals surface area contributed by atoms with Crippen LogP contribution in [0.2, 0.25) is 0 Å². The summed E-state index contributed by atoms with van der Waals surface area (Å²) < 4.78 is 67.9. The lowest BCUT2D eigenvalue weighted by Crippen LogP contribution is -2.38. The van der Waals surface area contributed by atoms with Crippen LogP contribution in [0.4, 0.5) is 13.2 Å². The fourth-order valence-electron chi connectivity index (χ4n) is 6.25. The summed E-state index contributed by atoms with van der Waals surface area (Å²) in [6.45, 7) is 0.981. The van der Waals surface area contributed by atoms with Crippen molar-refractivity contribution in [1.29, 1.82) is 0 Å². The monoisotopic (exact) mass is 696 g/mol. The van der Waals surface area contributed by atoms with E-state index in [4.69, 9.17) is 4.98 Å². The zero-order valence-electron chi connectivity index (χ0n) is 26.4. The number of carbonyl (C=O) groups excluding carboxylic acids is 1. The Labute approximate surface area is 282 Å². The van der Waals surface area contributed by atoms with E-state index in [9.17, 15) is 26.4 Å². The summed E-state index contributed by atoms with van der Waals surface area (Å²) in [6.07, 6.45) is -0.697. The molecule has 7 aromatic rings. The van der Waals surface area contributed by atoms with Crippen molar-refractivity contribution in [3.63, 3.8) is 0 Å². The second kappa shape index (κ2) is 11.7. The summed E-state index contributed by atoms with van der Waals surface area (Å²) in [5, 5.41) is 15.0. The van der Waals surface area contributed by atoms with Crippen molar-refractivity contribution < 1.29 is 26.4 Å². The minimum atomic E-state index is -4.73. The summed E-state index contributed by atoms with van der Waals surface area (Å²) in [5.41, 5.74) is 3.72. The highest BCUT2D eigenvalue weighted by Crippen LogP contribution is 2.33. The van der Waals surface area contributed by atoms with Crippen LogP contribution in [-0.4, -0.2) is 66.8 Å². The van der Waals surface area contributed by atoms with E-state index in [2.05, 4.69) is 44.7 Å². The highest BCUT2D eigenvalue weighted by molar-refractivity contribution is 7.90. The number of halogens is 3. The van der Waals surface area contributed by atoms with Crippen LogP contribution in [0.15, 0.2) is 96.2 Å². The van der Waals surface area contributed by atoms with E-state index in [1.165, 1.54) is 10.7 Å². The predicted molar refractivity (Wildman–Crippen MR) is 179 cm³/mol. The van der Waals surface area contributed by atoms with Gasteiger partial charge in [-0.05, 0) is 58.8 Å². The highest BCUT2D eigenvalue weighted by atomic mass is 32.2. The molecule has 0 bridgehead atoms. The van der Waals surface area contributed by atoms with Crippen molar-refractivity contribution in [3.05, 3.63) is 114 Å². The third kappa shape index (κ3) is 5.89. The van der Waals surface area contributed by atoms with Crippen molar-refractivity contribution in [2.24, 2.45) is 0 Å². The maximum absolute atomic E-state index is 13.8. The van der Waals surface area contributed by atoms with E-state index in [1.807, 2.05) is 24.3 Å². The molecule has 11 nitrogen and oxygen atoms in total. The average molecular weight is 697 g/mol. The van der Waals surface area contributed by atoms with Crippen LogP contribution in [-0.2, 0) is 35.6 Å². The number of carbonyl (C=O) groups is 1. The fraction of sp³-hybridized carbons (Fsp3) is 0.171. The molecule has 1 amide bonds. The third-order valence-corrected chi connectivity index (χ3v) is 9.88. The molecule has 1 N–H and O–H groups in total. The first kappa shape index (κ1) is 31.4. The Bertz CT molecular complexity index is 2570. The topological polar surface area (TPSA) is 132 Å². The molecule has 4 heterocycles. The highest BCUT2D eigenvalue weighted by Gasteiger charge is 2.32. The standard InChI is InChI=1S/C35H27F3N8O3S/c1-50(48,49)27-13-21(12-26(16-27)35(36,37)38)18-45-19-31(42-43-45)28-17-39-46-11-10-44(20-32(28)46)34(47)25-8-9-29-30(15-25)41-33(40-29)24-7-6-22-4-2-3-5-23(22)14-24/h2-9,12-17,19H,10-11,18,20H2,1H3,(H,40,41). The SMILES string of the molecule is CS(=O)(=O)c1cc(Cn2cc(-c3cnn4c3CN(C(=O)c3ccc5nc(-c6ccc7ccccc7c6)[nH]c5c3)CC4)nn2)cc(C(F)(F)F)c1. The molecule has 8 rings (SSSR count). The van der Waals surface area contributed by atoms with Crippen LogP contribution < -0.4 is 0 Å². The van der Waals surface area contributed by atoms with Gasteiger partial charge in [-0.15, -0.1) is 5.10 Å². The molecule has 4 aromatic carbocycles. The van der Waals surface area contributed by atoms with E-state index in [0.717, 1.165) is 45.4 Å². The molecule has 1 aliphatic heterocycles. The van der Waals surface area contributed by atoms with Crippen LogP contribution >= 0.6 is 0 Å². The molecular weight excluding hydrogens is 669 g/mol. The summed E-state index contributed by atoms with van der Waals surface area (Å²) >= 11 is 0. The van der Waals surface area contributed by atoms with E-state index in [1.54, 1.807) is 34.1 Å². The molecular formula is C35H27F3N8O3S. The number of H-pyrrole nitrogens is 1. The van der Waals surface area contributed by atoms with Crippen LogP contribution in [0.5, 0.6) is 0 Å². The lowest BCUT2D eigenvalue weighted by atomic mass is 10.1. The number of hydrogen-bond acceptors (Lipinski definition) is 7.